The van der Waals surface area contributed by atoms with Crippen LogP contribution in [0.1, 0.15) is 48.8 Å². The fraction of sp³-hybridized carbons (Fsp3) is 0.550. The molecular formula is C20H24ClFN4O2. The number of hydrogen-bond donors (Lipinski definition) is 1. The molecule has 1 fully saturated rings. The SMILES string of the molecule is O=C(Cc1ccc(F)cc1Cl)NC1CCc2nnc(C3CCOCC3)n2CC1. The number of hydrogen-bond acceptors (Lipinski definition) is 4. The number of nitrogens with zero attached hydrogens (tertiary/aromatic N) is 3. The summed E-state index contributed by atoms with van der Waals surface area (Å²) in [5, 5.41) is 12.2. The largest absolute Gasteiger partial charge is 0.381 e. The van der Waals surface area contributed by atoms with Gasteiger partial charge in [0, 0.05) is 43.2 Å². The van der Waals surface area contributed by atoms with E-state index in [2.05, 4.69) is 20.1 Å². The molecule has 1 saturated heterocycles. The van der Waals surface area contributed by atoms with Gasteiger partial charge in [-0.15, -0.1) is 10.2 Å². The third kappa shape index (κ3) is 4.36. The first-order chi connectivity index (χ1) is 13.6. The molecule has 0 spiro atoms. The van der Waals surface area contributed by atoms with Crippen LogP contribution in [0, 0.1) is 5.82 Å². The summed E-state index contributed by atoms with van der Waals surface area (Å²) in [5.41, 5.74) is 0.633. The topological polar surface area (TPSA) is 69.0 Å². The first kappa shape index (κ1) is 19.3. The predicted molar refractivity (Wildman–Crippen MR) is 103 cm³/mol. The minimum atomic E-state index is -0.402. The molecule has 8 heteroatoms. The summed E-state index contributed by atoms with van der Waals surface area (Å²) >= 11 is 6.03. The molecule has 2 aromatic rings. The van der Waals surface area contributed by atoms with Gasteiger partial charge in [-0.2, -0.15) is 0 Å². The molecule has 1 amide bonds. The van der Waals surface area contributed by atoms with Crippen LogP contribution in [-0.4, -0.2) is 39.9 Å². The van der Waals surface area contributed by atoms with Crippen LogP contribution in [0.15, 0.2) is 18.2 Å². The van der Waals surface area contributed by atoms with Crippen LogP contribution in [0.25, 0.3) is 0 Å². The molecule has 28 heavy (non-hydrogen) atoms. The van der Waals surface area contributed by atoms with Crippen molar-refractivity contribution in [2.24, 2.45) is 0 Å². The number of fused-ring (bicyclic) bond motifs is 1. The first-order valence-corrected chi connectivity index (χ1v) is 10.2. The van der Waals surface area contributed by atoms with Crippen molar-refractivity contribution in [3.05, 3.63) is 46.3 Å². The highest BCUT2D eigenvalue weighted by atomic mass is 35.5. The van der Waals surface area contributed by atoms with Crippen LogP contribution in [0.3, 0.4) is 0 Å². The summed E-state index contributed by atoms with van der Waals surface area (Å²) < 4.78 is 20.9. The second kappa shape index (κ2) is 8.57. The fourth-order valence-corrected chi connectivity index (χ4v) is 4.26. The highest BCUT2D eigenvalue weighted by Gasteiger charge is 2.26. The predicted octanol–water partition coefficient (Wildman–Crippen LogP) is 3.03. The van der Waals surface area contributed by atoms with Crippen LogP contribution >= 0.6 is 11.6 Å². The van der Waals surface area contributed by atoms with E-state index < -0.39 is 5.82 Å². The molecule has 1 N–H and O–H groups in total. The number of carbonyl (C=O) groups is 1. The van der Waals surface area contributed by atoms with E-state index >= 15 is 0 Å². The molecule has 1 aromatic heterocycles. The van der Waals surface area contributed by atoms with Crippen LogP contribution < -0.4 is 5.32 Å². The molecule has 1 aromatic carbocycles. The Morgan fingerprint density at radius 3 is 2.86 bits per heavy atom. The van der Waals surface area contributed by atoms with Crippen LogP contribution in [0.2, 0.25) is 5.02 Å². The van der Waals surface area contributed by atoms with Gasteiger partial charge in [-0.3, -0.25) is 4.79 Å². The van der Waals surface area contributed by atoms with E-state index in [1.54, 1.807) is 6.07 Å². The Balaban J connectivity index is 1.36. The van der Waals surface area contributed by atoms with E-state index in [4.69, 9.17) is 16.3 Å². The number of rotatable bonds is 4. The summed E-state index contributed by atoms with van der Waals surface area (Å²) in [6.07, 6.45) is 4.57. The van der Waals surface area contributed by atoms with Crippen molar-refractivity contribution >= 4 is 17.5 Å². The van der Waals surface area contributed by atoms with Gasteiger partial charge in [0.1, 0.15) is 17.5 Å². The van der Waals surface area contributed by atoms with Gasteiger partial charge in [-0.1, -0.05) is 17.7 Å². The Bertz CT molecular complexity index is 851. The van der Waals surface area contributed by atoms with Crippen LogP contribution in [0.4, 0.5) is 4.39 Å². The molecule has 6 nitrogen and oxygen atoms in total. The molecule has 3 heterocycles. The maximum absolute atomic E-state index is 13.2. The zero-order chi connectivity index (χ0) is 19.5. The number of ether oxygens (including phenoxy) is 1. The Morgan fingerprint density at radius 2 is 2.07 bits per heavy atom. The molecule has 1 unspecified atom stereocenters. The van der Waals surface area contributed by atoms with Crippen molar-refractivity contribution in [1.29, 1.82) is 0 Å². The average molecular weight is 407 g/mol. The maximum Gasteiger partial charge on any atom is 0.224 e. The van der Waals surface area contributed by atoms with Gasteiger partial charge in [0.25, 0.3) is 0 Å². The molecule has 1 atom stereocenters. The van der Waals surface area contributed by atoms with E-state index in [1.807, 2.05) is 0 Å². The van der Waals surface area contributed by atoms with E-state index in [9.17, 15) is 9.18 Å². The Kier molecular flexibility index (Phi) is 5.92. The summed E-state index contributed by atoms with van der Waals surface area (Å²) in [7, 11) is 0. The first-order valence-electron chi connectivity index (χ1n) is 9.83. The molecule has 2 aliphatic rings. The van der Waals surface area contributed by atoms with Gasteiger partial charge in [0.05, 0.1) is 6.42 Å². The summed E-state index contributed by atoms with van der Waals surface area (Å²) in [6, 6.07) is 4.20. The van der Waals surface area contributed by atoms with Crippen LogP contribution in [0.5, 0.6) is 0 Å². The molecular weight excluding hydrogens is 383 g/mol. The van der Waals surface area contributed by atoms with Gasteiger partial charge in [-0.05, 0) is 43.4 Å². The van der Waals surface area contributed by atoms with Gasteiger partial charge in [0.2, 0.25) is 5.91 Å². The lowest BCUT2D eigenvalue weighted by atomic mass is 9.99. The minimum Gasteiger partial charge on any atom is -0.381 e. The number of carbonyl (C=O) groups excluding carboxylic acids is 1. The van der Waals surface area contributed by atoms with Crippen molar-refractivity contribution in [2.75, 3.05) is 13.2 Å². The van der Waals surface area contributed by atoms with E-state index in [0.717, 1.165) is 63.5 Å². The lowest BCUT2D eigenvalue weighted by Crippen LogP contribution is -2.36. The average Bonchev–Trinajstić information content (AvgIpc) is 3.00. The second-order valence-electron chi connectivity index (χ2n) is 7.52. The van der Waals surface area contributed by atoms with Gasteiger partial charge < -0.3 is 14.6 Å². The summed E-state index contributed by atoms with van der Waals surface area (Å²) in [4.78, 5) is 12.4. The monoisotopic (exact) mass is 406 g/mol. The maximum atomic E-state index is 13.2. The van der Waals surface area contributed by atoms with Crippen LogP contribution in [-0.2, 0) is 28.9 Å². The lowest BCUT2D eigenvalue weighted by Gasteiger charge is -2.22. The van der Waals surface area contributed by atoms with E-state index in [-0.39, 0.29) is 23.4 Å². The quantitative estimate of drug-likeness (QED) is 0.847. The third-order valence-electron chi connectivity index (χ3n) is 5.59. The number of halogens is 2. The van der Waals surface area contributed by atoms with Gasteiger partial charge >= 0.3 is 0 Å². The number of aromatic nitrogens is 3. The zero-order valence-electron chi connectivity index (χ0n) is 15.7. The summed E-state index contributed by atoms with van der Waals surface area (Å²) in [6.45, 7) is 2.35. The van der Waals surface area contributed by atoms with E-state index in [1.165, 1.54) is 12.1 Å². The second-order valence-corrected chi connectivity index (χ2v) is 7.92. The Labute approximate surface area is 168 Å². The summed E-state index contributed by atoms with van der Waals surface area (Å²) in [5.74, 6) is 1.96. The molecule has 0 radical (unpaired) electrons. The number of aryl methyl sites for hydroxylation is 1. The molecule has 150 valence electrons. The number of nitrogens with one attached hydrogen (secondary N) is 1. The normalized spacial score (nSPS) is 20.4. The van der Waals surface area contributed by atoms with Crippen molar-refractivity contribution in [3.8, 4) is 0 Å². The smallest absolute Gasteiger partial charge is 0.224 e. The molecule has 0 saturated carbocycles. The van der Waals surface area contributed by atoms with Crippen molar-refractivity contribution in [2.45, 2.75) is 57.0 Å². The lowest BCUT2D eigenvalue weighted by molar-refractivity contribution is -0.121. The standard InChI is InChI=1S/C20H24ClFN4O2/c21-17-12-15(22)2-1-14(17)11-19(27)23-16-3-4-18-24-25-20(26(18)8-5-16)13-6-9-28-10-7-13/h1-2,12-13,16H,3-11H2,(H,23,27). The van der Waals surface area contributed by atoms with Crippen molar-refractivity contribution in [3.63, 3.8) is 0 Å². The Morgan fingerprint density at radius 1 is 1.25 bits per heavy atom. The molecule has 0 bridgehead atoms. The molecule has 2 aliphatic heterocycles. The molecule has 4 rings (SSSR count). The van der Waals surface area contributed by atoms with Gasteiger partial charge in [0.15, 0.2) is 0 Å². The van der Waals surface area contributed by atoms with Crippen molar-refractivity contribution in [1.82, 2.24) is 20.1 Å². The third-order valence-corrected chi connectivity index (χ3v) is 5.94. The highest BCUT2D eigenvalue weighted by molar-refractivity contribution is 6.31. The number of amides is 1. The molecule has 0 aliphatic carbocycles. The van der Waals surface area contributed by atoms with E-state index in [0.29, 0.717) is 11.5 Å². The fourth-order valence-electron chi connectivity index (χ4n) is 4.03. The zero-order valence-corrected chi connectivity index (χ0v) is 16.4. The van der Waals surface area contributed by atoms with Gasteiger partial charge in [-0.25, -0.2) is 4.39 Å². The minimum absolute atomic E-state index is 0.0796. The Hall–Kier alpha value is -1.99. The number of benzene rings is 1. The van der Waals surface area contributed by atoms with Crippen molar-refractivity contribution < 1.29 is 13.9 Å². The highest BCUT2D eigenvalue weighted by Crippen LogP contribution is 2.28.